The molecule has 1 saturated heterocycles. The van der Waals surface area contributed by atoms with Crippen molar-refractivity contribution in [2.24, 2.45) is 0 Å². The minimum Gasteiger partial charge on any atom is -0.478 e. The number of carbonyl (C=O) groups excluding carboxylic acids is 2. The molecule has 1 atom stereocenters. The van der Waals surface area contributed by atoms with Crippen molar-refractivity contribution in [2.45, 2.75) is 13.0 Å². The second kappa shape index (κ2) is 8.03. The molecule has 3 rings (SSSR count). The lowest BCUT2D eigenvalue weighted by Crippen LogP contribution is -2.44. The van der Waals surface area contributed by atoms with Gasteiger partial charge < -0.3 is 10.4 Å². The summed E-state index contributed by atoms with van der Waals surface area (Å²) < 4.78 is 0.310. The molecule has 1 aliphatic heterocycles. The number of benzene rings is 1. The number of amides is 2. The Bertz CT molecular complexity index is 953. The van der Waals surface area contributed by atoms with E-state index >= 15 is 0 Å². The van der Waals surface area contributed by atoms with Crippen LogP contribution in [0, 0.1) is 0 Å². The maximum Gasteiger partial charge on any atom is 0.335 e. The van der Waals surface area contributed by atoms with Crippen LogP contribution in [0.4, 0.5) is 5.69 Å². The highest BCUT2D eigenvalue weighted by atomic mass is 32.2. The molecule has 1 fully saturated rings. The van der Waals surface area contributed by atoms with E-state index in [0.717, 1.165) is 16.6 Å². The van der Waals surface area contributed by atoms with Gasteiger partial charge in [-0.3, -0.25) is 14.5 Å². The summed E-state index contributed by atoms with van der Waals surface area (Å²) in [4.78, 5) is 39.0. The number of anilines is 1. The van der Waals surface area contributed by atoms with Gasteiger partial charge in [-0.1, -0.05) is 36.1 Å². The Morgan fingerprint density at radius 2 is 2.07 bits per heavy atom. The van der Waals surface area contributed by atoms with Crippen LogP contribution < -0.4 is 5.32 Å². The number of rotatable bonds is 5. The second-order valence-electron chi connectivity index (χ2n) is 5.62. The molecule has 138 valence electrons. The standard InChI is InChI=1S/C18H14N2O4S3/c1-10(15(21)19-12-5-2-4-11(8-12)17(23)24)20-16(22)14(27-18(20)25)9-13-6-3-7-26-13/h2-10H,1H3,(H,19,21)(H,23,24)/b14-9-/t10-/m1/s1. The predicted octanol–water partition coefficient (Wildman–Crippen LogP) is 3.67. The lowest BCUT2D eigenvalue weighted by Gasteiger charge is -2.22. The molecular weight excluding hydrogens is 404 g/mol. The number of hydrogen-bond donors (Lipinski definition) is 2. The van der Waals surface area contributed by atoms with Gasteiger partial charge in [0.15, 0.2) is 0 Å². The number of nitrogens with zero attached hydrogens (tertiary/aromatic N) is 1. The first-order valence-corrected chi connectivity index (χ1v) is 9.92. The van der Waals surface area contributed by atoms with Crippen molar-refractivity contribution in [3.63, 3.8) is 0 Å². The Kier molecular flexibility index (Phi) is 5.73. The third kappa shape index (κ3) is 4.26. The molecule has 0 unspecified atom stereocenters. The normalized spacial score (nSPS) is 16.6. The monoisotopic (exact) mass is 418 g/mol. The fourth-order valence-corrected chi connectivity index (χ4v) is 4.55. The highest BCUT2D eigenvalue weighted by Crippen LogP contribution is 2.34. The van der Waals surface area contributed by atoms with E-state index in [1.165, 1.54) is 34.4 Å². The van der Waals surface area contributed by atoms with E-state index in [4.69, 9.17) is 17.3 Å². The average Bonchev–Trinajstić information content (AvgIpc) is 3.23. The van der Waals surface area contributed by atoms with Crippen LogP contribution in [0.2, 0.25) is 0 Å². The van der Waals surface area contributed by atoms with Crippen LogP contribution in [0.3, 0.4) is 0 Å². The highest BCUT2D eigenvalue weighted by molar-refractivity contribution is 8.26. The number of thiocarbonyl (C=S) groups is 1. The van der Waals surface area contributed by atoms with Crippen LogP contribution in [0.15, 0.2) is 46.7 Å². The quantitative estimate of drug-likeness (QED) is 0.569. The molecule has 2 amide bonds. The molecule has 1 aromatic carbocycles. The number of carboxylic acid groups (broad SMARTS) is 1. The summed E-state index contributed by atoms with van der Waals surface area (Å²) in [5.74, 6) is -1.86. The van der Waals surface area contributed by atoms with E-state index in [9.17, 15) is 14.4 Å². The van der Waals surface area contributed by atoms with Crippen molar-refractivity contribution in [3.8, 4) is 0 Å². The van der Waals surface area contributed by atoms with Crippen LogP contribution in [0.1, 0.15) is 22.2 Å². The number of thiophene rings is 1. The number of aromatic carboxylic acids is 1. The van der Waals surface area contributed by atoms with E-state index in [1.807, 2.05) is 17.5 Å². The maximum atomic E-state index is 12.7. The molecule has 9 heteroatoms. The van der Waals surface area contributed by atoms with Gasteiger partial charge in [0.2, 0.25) is 5.91 Å². The van der Waals surface area contributed by atoms with E-state index in [0.29, 0.717) is 14.9 Å². The first kappa shape index (κ1) is 19.3. The van der Waals surface area contributed by atoms with Gasteiger partial charge in [0.25, 0.3) is 5.91 Å². The number of hydrogen-bond acceptors (Lipinski definition) is 6. The Balaban J connectivity index is 1.75. The zero-order valence-electron chi connectivity index (χ0n) is 14.0. The first-order chi connectivity index (χ1) is 12.9. The van der Waals surface area contributed by atoms with E-state index in [1.54, 1.807) is 19.1 Å². The highest BCUT2D eigenvalue weighted by Gasteiger charge is 2.38. The lowest BCUT2D eigenvalue weighted by atomic mass is 10.2. The van der Waals surface area contributed by atoms with Crippen LogP contribution in [0.25, 0.3) is 6.08 Å². The zero-order valence-corrected chi connectivity index (χ0v) is 16.5. The lowest BCUT2D eigenvalue weighted by molar-refractivity contribution is -0.129. The Morgan fingerprint density at radius 1 is 1.30 bits per heavy atom. The van der Waals surface area contributed by atoms with Crippen molar-refractivity contribution >= 4 is 69.2 Å². The molecule has 0 radical (unpaired) electrons. The molecule has 1 aliphatic rings. The Labute approximate surface area is 168 Å². The van der Waals surface area contributed by atoms with Crippen molar-refractivity contribution in [2.75, 3.05) is 5.32 Å². The zero-order chi connectivity index (χ0) is 19.6. The predicted molar refractivity (Wildman–Crippen MR) is 111 cm³/mol. The molecule has 1 aromatic heterocycles. The molecule has 2 N–H and O–H groups in total. The fourth-order valence-electron chi connectivity index (χ4n) is 2.41. The molecule has 2 aromatic rings. The van der Waals surface area contributed by atoms with Gasteiger partial charge in [0.05, 0.1) is 10.5 Å². The van der Waals surface area contributed by atoms with E-state index in [-0.39, 0.29) is 11.5 Å². The number of carboxylic acids is 1. The van der Waals surface area contributed by atoms with Crippen LogP contribution in [-0.2, 0) is 9.59 Å². The van der Waals surface area contributed by atoms with Crippen LogP contribution >= 0.6 is 35.3 Å². The Hall–Kier alpha value is -2.49. The molecule has 0 spiro atoms. The third-order valence-electron chi connectivity index (χ3n) is 3.78. The minimum atomic E-state index is -1.09. The van der Waals surface area contributed by atoms with Gasteiger partial charge in [0, 0.05) is 10.6 Å². The molecular formula is C18H14N2O4S3. The summed E-state index contributed by atoms with van der Waals surface area (Å²) in [6.45, 7) is 1.58. The van der Waals surface area contributed by atoms with E-state index < -0.39 is 17.9 Å². The number of thioether (sulfide) groups is 1. The molecule has 0 aliphatic carbocycles. The van der Waals surface area contributed by atoms with Crippen LogP contribution in [-0.4, -0.2) is 38.2 Å². The van der Waals surface area contributed by atoms with Gasteiger partial charge in [-0.05, 0) is 42.6 Å². The summed E-state index contributed by atoms with van der Waals surface area (Å²) >= 11 is 7.94. The average molecular weight is 419 g/mol. The summed E-state index contributed by atoms with van der Waals surface area (Å²) in [5, 5.41) is 13.6. The topological polar surface area (TPSA) is 86.7 Å². The molecule has 0 bridgehead atoms. The maximum absolute atomic E-state index is 12.7. The summed E-state index contributed by atoms with van der Waals surface area (Å²) in [5.41, 5.74) is 0.399. The number of nitrogens with one attached hydrogen (secondary N) is 1. The molecule has 2 heterocycles. The van der Waals surface area contributed by atoms with Crippen molar-refractivity contribution in [3.05, 3.63) is 57.1 Å². The summed E-state index contributed by atoms with van der Waals surface area (Å²) in [6, 6.07) is 8.85. The second-order valence-corrected chi connectivity index (χ2v) is 8.27. The smallest absolute Gasteiger partial charge is 0.335 e. The van der Waals surface area contributed by atoms with Crippen molar-refractivity contribution in [1.82, 2.24) is 4.90 Å². The van der Waals surface area contributed by atoms with Gasteiger partial charge in [-0.2, -0.15) is 0 Å². The molecule has 0 saturated carbocycles. The molecule has 6 nitrogen and oxygen atoms in total. The Morgan fingerprint density at radius 3 is 2.74 bits per heavy atom. The minimum absolute atomic E-state index is 0.0601. The summed E-state index contributed by atoms with van der Waals surface area (Å²) in [7, 11) is 0. The van der Waals surface area contributed by atoms with E-state index in [2.05, 4.69) is 5.32 Å². The summed E-state index contributed by atoms with van der Waals surface area (Å²) in [6.07, 6.45) is 1.75. The van der Waals surface area contributed by atoms with Gasteiger partial charge in [-0.15, -0.1) is 11.3 Å². The third-order valence-corrected chi connectivity index (χ3v) is 5.93. The largest absolute Gasteiger partial charge is 0.478 e. The van der Waals surface area contributed by atoms with Crippen LogP contribution in [0.5, 0.6) is 0 Å². The SMILES string of the molecule is C[C@H](C(=O)Nc1cccc(C(=O)O)c1)N1C(=O)/C(=C/c2cccs2)SC1=S. The van der Waals surface area contributed by atoms with Gasteiger partial charge in [0.1, 0.15) is 10.4 Å². The number of carbonyl (C=O) groups is 3. The van der Waals surface area contributed by atoms with Gasteiger partial charge >= 0.3 is 5.97 Å². The van der Waals surface area contributed by atoms with Crippen molar-refractivity contribution < 1.29 is 19.5 Å². The molecule has 27 heavy (non-hydrogen) atoms. The first-order valence-electron chi connectivity index (χ1n) is 7.81. The van der Waals surface area contributed by atoms with Gasteiger partial charge in [-0.25, -0.2) is 4.79 Å². The van der Waals surface area contributed by atoms with Crippen molar-refractivity contribution in [1.29, 1.82) is 0 Å². The fraction of sp³-hybridized carbons (Fsp3) is 0.111.